The second-order valence-electron chi connectivity index (χ2n) is 9.88. The molecule has 0 amide bonds. The number of rotatable bonds is 6. The third kappa shape index (κ3) is 4.07. The Kier molecular flexibility index (Phi) is 5.75. The zero-order valence-corrected chi connectivity index (χ0v) is 19.6. The second kappa shape index (κ2) is 8.33. The number of hydrogen-bond donors (Lipinski definition) is 1. The van der Waals surface area contributed by atoms with Crippen LogP contribution in [-0.4, -0.2) is 75.5 Å². The zero-order chi connectivity index (χ0) is 23.4. The predicted molar refractivity (Wildman–Crippen MR) is 117 cm³/mol. The first-order valence-electron chi connectivity index (χ1n) is 11.5. The van der Waals surface area contributed by atoms with Crippen LogP contribution < -0.4 is 4.72 Å². The van der Waals surface area contributed by atoms with Crippen molar-refractivity contribution in [3.8, 4) is 0 Å². The van der Waals surface area contributed by atoms with Gasteiger partial charge in [-0.15, -0.1) is 0 Å². The number of morpholine rings is 1. The topological polar surface area (TPSA) is 111 Å². The summed E-state index contributed by atoms with van der Waals surface area (Å²) in [5.41, 5.74) is -0.0991. The fourth-order valence-corrected chi connectivity index (χ4v) is 8.25. The Bertz CT molecular complexity index is 1020. The molecule has 2 saturated carbocycles. The third-order valence-corrected chi connectivity index (χ3v) is 9.46. The van der Waals surface area contributed by atoms with Gasteiger partial charge in [0.15, 0.2) is 0 Å². The maximum atomic E-state index is 13.4. The summed E-state index contributed by atoms with van der Waals surface area (Å²) in [5, 5.41) is -0.847. The molecule has 2 saturated heterocycles. The van der Waals surface area contributed by atoms with Gasteiger partial charge in [0.2, 0.25) is 10.0 Å². The van der Waals surface area contributed by atoms with Crippen LogP contribution in [0.15, 0.2) is 30.3 Å². The van der Waals surface area contributed by atoms with Gasteiger partial charge in [-0.3, -0.25) is 14.5 Å². The molecular weight excluding hydrogens is 448 g/mol. The van der Waals surface area contributed by atoms with E-state index >= 15 is 0 Å². The Morgan fingerprint density at radius 3 is 2.55 bits per heavy atom. The molecule has 6 atom stereocenters. The van der Waals surface area contributed by atoms with Gasteiger partial charge in [0.1, 0.15) is 11.7 Å². The number of esters is 2. The molecule has 33 heavy (non-hydrogen) atoms. The van der Waals surface area contributed by atoms with Crippen molar-refractivity contribution in [3.05, 3.63) is 35.9 Å². The first-order chi connectivity index (χ1) is 15.7. The number of carbonyl (C=O) groups is 2. The van der Waals surface area contributed by atoms with Crippen LogP contribution in [0.5, 0.6) is 0 Å². The molecule has 10 heteroatoms. The van der Waals surface area contributed by atoms with E-state index in [1.54, 1.807) is 13.8 Å². The number of ether oxygens (including phenoxy) is 3. The number of carbonyl (C=O) groups excluding carboxylic acids is 2. The van der Waals surface area contributed by atoms with Crippen LogP contribution >= 0.6 is 0 Å². The molecule has 4 aliphatic rings. The van der Waals surface area contributed by atoms with Gasteiger partial charge in [-0.25, -0.2) is 13.1 Å². The normalized spacial score (nSPS) is 34.8. The maximum absolute atomic E-state index is 13.4. The molecule has 180 valence electrons. The summed E-state index contributed by atoms with van der Waals surface area (Å²) < 4.78 is 45.5. The van der Waals surface area contributed by atoms with E-state index < -0.39 is 50.9 Å². The van der Waals surface area contributed by atoms with Crippen molar-refractivity contribution in [1.29, 1.82) is 0 Å². The zero-order valence-electron chi connectivity index (χ0n) is 18.8. The molecule has 0 spiro atoms. The molecule has 9 nitrogen and oxygen atoms in total. The van der Waals surface area contributed by atoms with Crippen molar-refractivity contribution in [2.45, 2.75) is 43.3 Å². The average Bonchev–Trinajstić information content (AvgIpc) is 3.37. The van der Waals surface area contributed by atoms with Gasteiger partial charge in [-0.2, -0.15) is 0 Å². The van der Waals surface area contributed by atoms with Crippen molar-refractivity contribution in [2.24, 2.45) is 17.8 Å². The smallest absolute Gasteiger partial charge is 0.320 e. The van der Waals surface area contributed by atoms with E-state index in [-0.39, 0.29) is 18.4 Å². The molecule has 1 aromatic rings. The molecule has 0 aromatic heterocycles. The molecule has 2 aliphatic carbocycles. The number of fused-ring (bicyclic) bond motifs is 1. The number of nitrogens with zero attached hydrogens (tertiary/aromatic N) is 1. The van der Waals surface area contributed by atoms with Crippen LogP contribution in [0.3, 0.4) is 0 Å². The molecule has 5 rings (SSSR count). The fraction of sp³-hybridized carbons (Fsp3) is 0.652. The lowest BCUT2D eigenvalue weighted by Crippen LogP contribution is -2.49. The highest BCUT2D eigenvalue weighted by molar-refractivity contribution is 7.90. The summed E-state index contributed by atoms with van der Waals surface area (Å²) in [6, 6.07) is 8.86. The van der Waals surface area contributed by atoms with E-state index in [2.05, 4.69) is 4.72 Å². The Hall–Kier alpha value is -2.01. The predicted octanol–water partition coefficient (Wildman–Crippen LogP) is 0.645. The van der Waals surface area contributed by atoms with E-state index in [4.69, 9.17) is 14.2 Å². The maximum Gasteiger partial charge on any atom is 0.320 e. The van der Waals surface area contributed by atoms with Gasteiger partial charge in [-0.1, -0.05) is 30.3 Å². The average molecular weight is 479 g/mol. The highest BCUT2D eigenvalue weighted by Gasteiger charge is 2.71. The number of hydrogen-bond acceptors (Lipinski definition) is 8. The Morgan fingerprint density at radius 1 is 1.15 bits per heavy atom. The fourth-order valence-electron chi connectivity index (χ4n) is 5.97. The van der Waals surface area contributed by atoms with Gasteiger partial charge in [0.05, 0.1) is 37.0 Å². The van der Waals surface area contributed by atoms with E-state index in [0.717, 1.165) is 5.56 Å². The molecule has 2 heterocycles. The molecule has 0 radical (unpaired) electrons. The Morgan fingerprint density at radius 2 is 1.85 bits per heavy atom. The molecular formula is C23H30N2O7S. The van der Waals surface area contributed by atoms with Crippen LogP contribution in [-0.2, 0) is 39.4 Å². The molecule has 1 aromatic carbocycles. The van der Waals surface area contributed by atoms with Crippen LogP contribution in [0.2, 0.25) is 0 Å². The van der Waals surface area contributed by atoms with Crippen molar-refractivity contribution in [1.82, 2.24) is 9.62 Å². The molecule has 2 aliphatic heterocycles. The second-order valence-corrected chi connectivity index (χ2v) is 11.8. The van der Waals surface area contributed by atoms with E-state index in [1.165, 1.54) is 0 Å². The molecule has 1 N–H and O–H groups in total. The standard InChI is InChI=1S/C23H30N2O7S/c1-23(2,14-6-4-3-5-7-14)32-22(27)18-15-12-16-19(24-33(28,29)21(16)18)20(15)31-17(26)13-25-8-10-30-11-9-25/h3-7,15-16,18-21,24H,8-13H2,1-2H3. The molecule has 4 fully saturated rings. The van der Waals surface area contributed by atoms with Crippen molar-refractivity contribution in [3.63, 3.8) is 0 Å². The quantitative estimate of drug-likeness (QED) is 0.593. The summed E-state index contributed by atoms with van der Waals surface area (Å²) >= 11 is 0. The van der Waals surface area contributed by atoms with Crippen molar-refractivity contribution < 1.29 is 32.2 Å². The number of benzene rings is 1. The number of nitrogens with one attached hydrogen (secondary N) is 1. The van der Waals surface area contributed by atoms with Gasteiger partial charge >= 0.3 is 11.9 Å². The lowest BCUT2D eigenvalue weighted by Gasteiger charge is -2.34. The van der Waals surface area contributed by atoms with Crippen molar-refractivity contribution >= 4 is 22.0 Å². The third-order valence-electron chi connectivity index (χ3n) is 7.50. The Labute approximate surface area is 193 Å². The van der Waals surface area contributed by atoms with Crippen LogP contribution in [0.25, 0.3) is 0 Å². The van der Waals surface area contributed by atoms with Crippen molar-refractivity contribution in [2.75, 3.05) is 32.8 Å². The minimum absolute atomic E-state index is 0.121. The minimum Gasteiger partial charge on any atom is -0.459 e. The van der Waals surface area contributed by atoms with E-state index in [9.17, 15) is 18.0 Å². The van der Waals surface area contributed by atoms with Crippen LogP contribution in [0, 0.1) is 17.8 Å². The minimum atomic E-state index is -3.71. The largest absolute Gasteiger partial charge is 0.459 e. The highest BCUT2D eigenvalue weighted by Crippen LogP contribution is 2.56. The van der Waals surface area contributed by atoms with Gasteiger partial charge in [0, 0.05) is 19.0 Å². The lowest BCUT2D eigenvalue weighted by atomic mass is 9.83. The van der Waals surface area contributed by atoms with E-state index in [0.29, 0.717) is 32.7 Å². The van der Waals surface area contributed by atoms with Crippen LogP contribution in [0.4, 0.5) is 0 Å². The Balaban J connectivity index is 1.33. The number of sulfonamides is 1. The van der Waals surface area contributed by atoms with Gasteiger partial charge in [0.25, 0.3) is 0 Å². The molecule has 6 unspecified atom stereocenters. The monoisotopic (exact) mass is 478 g/mol. The van der Waals surface area contributed by atoms with Gasteiger partial charge in [-0.05, 0) is 31.7 Å². The highest BCUT2D eigenvalue weighted by atomic mass is 32.2. The summed E-state index contributed by atoms with van der Waals surface area (Å²) in [7, 11) is -3.71. The summed E-state index contributed by atoms with van der Waals surface area (Å²) in [5.74, 6) is -2.48. The molecule has 2 bridgehead atoms. The summed E-state index contributed by atoms with van der Waals surface area (Å²) in [6.45, 7) is 6.12. The first-order valence-corrected chi connectivity index (χ1v) is 13.0. The summed E-state index contributed by atoms with van der Waals surface area (Å²) in [4.78, 5) is 28.0. The SMILES string of the molecule is CC(C)(OC(=O)C1C2CC3C(NS(=O)(=O)C31)C2OC(=O)CN1CCOCC1)c1ccccc1. The van der Waals surface area contributed by atoms with E-state index in [1.807, 2.05) is 35.2 Å². The first kappa shape index (κ1) is 22.8. The lowest BCUT2D eigenvalue weighted by molar-refractivity contribution is -0.170. The van der Waals surface area contributed by atoms with Gasteiger partial charge < -0.3 is 14.2 Å². The van der Waals surface area contributed by atoms with Crippen LogP contribution in [0.1, 0.15) is 25.8 Å². The summed E-state index contributed by atoms with van der Waals surface area (Å²) in [6.07, 6.45) is -0.155.